The molecule has 2 unspecified atom stereocenters. The van der Waals surface area contributed by atoms with E-state index in [0.29, 0.717) is 11.3 Å². The molecular weight excluding hydrogens is 272 g/mol. The topological polar surface area (TPSA) is 24.4 Å². The fourth-order valence-electron chi connectivity index (χ4n) is 2.09. The minimum atomic E-state index is 0.326. The van der Waals surface area contributed by atoms with Crippen LogP contribution in [-0.2, 0) is 0 Å². The Morgan fingerprint density at radius 2 is 2.11 bits per heavy atom. The molecule has 4 heteroatoms. The Labute approximate surface area is 122 Å². The number of rotatable bonds is 3. The average Bonchev–Trinajstić information content (AvgIpc) is 3.11. The summed E-state index contributed by atoms with van der Waals surface area (Å²) in [7, 11) is 0. The van der Waals surface area contributed by atoms with Crippen LogP contribution in [0.25, 0.3) is 0 Å². The Bertz CT molecular complexity index is 549. The molecule has 0 amide bonds. The van der Waals surface area contributed by atoms with Gasteiger partial charge < -0.3 is 5.32 Å². The molecule has 2 aromatic rings. The molecule has 98 valence electrons. The van der Waals surface area contributed by atoms with Gasteiger partial charge in [-0.1, -0.05) is 42.1 Å². The van der Waals surface area contributed by atoms with Gasteiger partial charge in [0.1, 0.15) is 0 Å². The third-order valence-electron chi connectivity index (χ3n) is 3.21. The number of nitrogens with one attached hydrogen (secondary N) is 1. The first-order valence-electron chi connectivity index (χ1n) is 6.37. The van der Waals surface area contributed by atoms with Crippen LogP contribution in [0.5, 0.6) is 0 Å². The normalized spacial score (nSPS) is 20.1. The van der Waals surface area contributed by atoms with E-state index < -0.39 is 0 Å². The number of benzene rings is 1. The molecule has 0 fully saturated rings. The maximum Gasteiger partial charge on any atom is 0.157 e. The number of thioether (sulfide) groups is 1. The summed E-state index contributed by atoms with van der Waals surface area (Å²) in [5.74, 6) is 0. The first kappa shape index (κ1) is 12.8. The molecule has 0 spiro atoms. The van der Waals surface area contributed by atoms with E-state index in [2.05, 4.69) is 64.4 Å². The van der Waals surface area contributed by atoms with Crippen molar-refractivity contribution in [3.63, 3.8) is 0 Å². The quantitative estimate of drug-likeness (QED) is 0.913. The Morgan fingerprint density at radius 1 is 1.26 bits per heavy atom. The van der Waals surface area contributed by atoms with Gasteiger partial charge in [0.25, 0.3) is 0 Å². The van der Waals surface area contributed by atoms with E-state index in [1.807, 2.05) is 11.8 Å². The van der Waals surface area contributed by atoms with E-state index >= 15 is 0 Å². The number of nitrogens with zero attached hydrogens (tertiary/aromatic N) is 1. The van der Waals surface area contributed by atoms with Gasteiger partial charge in [-0.15, -0.1) is 0 Å². The minimum absolute atomic E-state index is 0.326. The zero-order valence-corrected chi connectivity index (χ0v) is 12.4. The molecule has 3 rings (SSSR count). The van der Waals surface area contributed by atoms with Crippen LogP contribution in [0.3, 0.4) is 0 Å². The van der Waals surface area contributed by atoms with Crippen LogP contribution in [0.15, 0.2) is 52.2 Å². The molecule has 0 aliphatic carbocycles. The van der Waals surface area contributed by atoms with Crippen molar-refractivity contribution in [2.24, 2.45) is 4.99 Å². The molecule has 2 atom stereocenters. The lowest BCUT2D eigenvalue weighted by Gasteiger charge is -2.14. The molecule has 0 bridgehead atoms. The summed E-state index contributed by atoms with van der Waals surface area (Å²) in [6.07, 6.45) is 0. The molecule has 1 aliphatic heterocycles. The van der Waals surface area contributed by atoms with Crippen LogP contribution in [0, 0.1) is 0 Å². The molecule has 2 heterocycles. The predicted octanol–water partition coefficient (Wildman–Crippen LogP) is 4.24. The Balaban J connectivity index is 1.60. The minimum Gasteiger partial charge on any atom is -0.358 e. The lowest BCUT2D eigenvalue weighted by Crippen LogP contribution is -2.22. The molecule has 19 heavy (non-hydrogen) atoms. The maximum atomic E-state index is 4.62. The average molecular weight is 288 g/mol. The summed E-state index contributed by atoms with van der Waals surface area (Å²) in [6, 6.07) is 13.1. The summed E-state index contributed by atoms with van der Waals surface area (Å²) in [5.41, 5.74) is 2.69. The van der Waals surface area contributed by atoms with Gasteiger partial charge in [0, 0.05) is 0 Å². The molecule has 1 aromatic carbocycles. The molecule has 0 radical (unpaired) electrons. The van der Waals surface area contributed by atoms with Crippen molar-refractivity contribution in [2.75, 3.05) is 6.54 Å². The van der Waals surface area contributed by atoms with Gasteiger partial charge in [-0.3, -0.25) is 4.99 Å². The van der Waals surface area contributed by atoms with Gasteiger partial charge in [0.2, 0.25) is 0 Å². The van der Waals surface area contributed by atoms with Crippen molar-refractivity contribution in [3.05, 3.63) is 58.3 Å². The SMILES string of the molecule is CC(NC1=NCC(c2ccccc2)S1)c1ccsc1. The van der Waals surface area contributed by atoms with Crippen LogP contribution < -0.4 is 5.32 Å². The van der Waals surface area contributed by atoms with Crippen molar-refractivity contribution in [1.29, 1.82) is 0 Å². The number of aliphatic imine (C=N–C) groups is 1. The van der Waals surface area contributed by atoms with Gasteiger partial charge in [-0.05, 0) is 34.9 Å². The van der Waals surface area contributed by atoms with Gasteiger partial charge in [-0.2, -0.15) is 11.3 Å². The van der Waals surface area contributed by atoms with E-state index in [1.165, 1.54) is 11.1 Å². The van der Waals surface area contributed by atoms with Crippen molar-refractivity contribution in [1.82, 2.24) is 5.32 Å². The predicted molar refractivity (Wildman–Crippen MR) is 84.9 cm³/mol. The second-order valence-electron chi connectivity index (χ2n) is 4.59. The summed E-state index contributed by atoms with van der Waals surface area (Å²) in [5, 5.41) is 9.32. The van der Waals surface area contributed by atoms with E-state index in [-0.39, 0.29) is 0 Å². The third-order valence-corrected chi connectivity index (χ3v) is 5.09. The van der Waals surface area contributed by atoms with Crippen LogP contribution >= 0.6 is 23.1 Å². The van der Waals surface area contributed by atoms with Gasteiger partial charge in [0.05, 0.1) is 17.8 Å². The lowest BCUT2D eigenvalue weighted by atomic mass is 10.1. The first-order chi connectivity index (χ1) is 9.33. The number of thiophene rings is 1. The monoisotopic (exact) mass is 288 g/mol. The number of amidine groups is 1. The van der Waals surface area contributed by atoms with Gasteiger partial charge in [0.15, 0.2) is 5.17 Å². The fourth-order valence-corrected chi connectivity index (χ4v) is 3.95. The molecule has 1 aliphatic rings. The maximum absolute atomic E-state index is 4.62. The molecule has 1 aromatic heterocycles. The van der Waals surface area contributed by atoms with E-state index in [0.717, 1.165) is 11.7 Å². The standard InChI is InChI=1S/C15H16N2S2/c1-11(13-7-8-18-10-13)17-15-16-9-14(19-15)12-5-3-2-4-6-12/h2-8,10-11,14H,9H2,1H3,(H,16,17). The summed E-state index contributed by atoms with van der Waals surface area (Å²) in [6.45, 7) is 3.05. The van der Waals surface area contributed by atoms with Crippen molar-refractivity contribution < 1.29 is 0 Å². The Hall–Kier alpha value is -1.26. The molecule has 0 saturated carbocycles. The Morgan fingerprint density at radius 3 is 2.84 bits per heavy atom. The van der Waals surface area contributed by atoms with E-state index in [1.54, 1.807) is 11.3 Å². The van der Waals surface area contributed by atoms with E-state index in [4.69, 9.17) is 0 Å². The largest absolute Gasteiger partial charge is 0.358 e. The molecule has 0 saturated heterocycles. The molecular formula is C15H16N2S2. The van der Waals surface area contributed by atoms with Crippen LogP contribution in [0.1, 0.15) is 29.3 Å². The summed E-state index contributed by atoms with van der Waals surface area (Å²) in [4.78, 5) is 4.62. The fraction of sp³-hybridized carbons (Fsp3) is 0.267. The van der Waals surface area contributed by atoms with Crippen molar-refractivity contribution >= 4 is 28.3 Å². The second-order valence-corrected chi connectivity index (χ2v) is 6.56. The van der Waals surface area contributed by atoms with Crippen LogP contribution in [-0.4, -0.2) is 11.7 Å². The number of hydrogen-bond donors (Lipinski definition) is 1. The summed E-state index contributed by atoms with van der Waals surface area (Å²) >= 11 is 3.57. The highest BCUT2D eigenvalue weighted by Crippen LogP contribution is 2.35. The highest BCUT2D eigenvalue weighted by Gasteiger charge is 2.22. The molecule has 1 N–H and O–H groups in total. The van der Waals surface area contributed by atoms with Crippen molar-refractivity contribution in [3.8, 4) is 0 Å². The molecule has 2 nitrogen and oxygen atoms in total. The summed E-state index contributed by atoms with van der Waals surface area (Å²) < 4.78 is 0. The number of hydrogen-bond acceptors (Lipinski definition) is 4. The van der Waals surface area contributed by atoms with E-state index in [9.17, 15) is 0 Å². The highest BCUT2D eigenvalue weighted by atomic mass is 32.2. The third kappa shape index (κ3) is 3.01. The second kappa shape index (κ2) is 5.80. The lowest BCUT2D eigenvalue weighted by molar-refractivity contribution is 0.726. The van der Waals surface area contributed by atoms with Crippen LogP contribution in [0.4, 0.5) is 0 Å². The first-order valence-corrected chi connectivity index (χ1v) is 8.20. The zero-order valence-electron chi connectivity index (χ0n) is 10.7. The van der Waals surface area contributed by atoms with Gasteiger partial charge in [-0.25, -0.2) is 0 Å². The van der Waals surface area contributed by atoms with Crippen LogP contribution in [0.2, 0.25) is 0 Å². The van der Waals surface area contributed by atoms with Crippen molar-refractivity contribution in [2.45, 2.75) is 18.2 Å². The smallest absolute Gasteiger partial charge is 0.157 e. The zero-order chi connectivity index (χ0) is 13.1. The highest BCUT2D eigenvalue weighted by molar-refractivity contribution is 8.14. The Kier molecular flexibility index (Phi) is 3.89. The van der Waals surface area contributed by atoms with Gasteiger partial charge >= 0.3 is 0 Å².